The highest BCUT2D eigenvalue weighted by molar-refractivity contribution is 6.35. The molecule has 0 aliphatic carbocycles. The number of hydrogen-bond donors (Lipinski definition) is 0. The van der Waals surface area contributed by atoms with Crippen LogP contribution in [0.25, 0.3) is 5.69 Å². The Morgan fingerprint density at radius 1 is 1.16 bits per heavy atom. The Kier molecular flexibility index (Phi) is 3.35. The van der Waals surface area contributed by atoms with E-state index in [1.807, 2.05) is 12.1 Å². The lowest BCUT2D eigenvalue weighted by Gasteiger charge is -2.05. The van der Waals surface area contributed by atoms with Crippen molar-refractivity contribution in [3.63, 3.8) is 0 Å². The molecule has 0 aliphatic heterocycles. The third kappa shape index (κ3) is 2.00. The summed E-state index contributed by atoms with van der Waals surface area (Å²) in [7, 11) is 1.42. The molecule has 2 rings (SSSR count). The van der Waals surface area contributed by atoms with E-state index in [1.54, 1.807) is 6.07 Å². The first-order chi connectivity index (χ1) is 9.01. The minimum Gasteiger partial charge on any atom is -0.285 e. The number of nitrogens with zero attached hydrogens (tertiary/aromatic N) is 4. The molecule has 0 bridgehead atoms. The van der Waals surface area contributed by atoms with E-state index in [2.05, 4.69) is 0 Å². The van der Waals surface area contributed by atoms with Crippen molar-refractivity contribution in [2.45, 2.75) is 0 Å². The van der Waals surface area contributed by atoms with Crippen LogP contribution in [-0.2, 0) is 7.05 Å². The summed E-state index contributed by atoms with van der Waals surface area (Å²) < 4.78 is 2.20. The highest BCUT2D eigenvalue weighted by atomic mass is 35.5. The number of imidazole rings is 1. The predicted octanol–water partition coefficient (Wildman–Crippen LogP) is 2.23. The van der Waals surface area contributed by atoms with E-state index in [0.717, 1.165) is 9.13 Å². The van der Waals surface area contributed by atoms with Crippen molar-refractivity contribution in [2.75, 3.05) is 0 Å². The minimum absolute atomic E-state index is 0.0153. The van der Waals surface area contributed by atoms with Crippen molar-refractivity contribution >= 4 is 23.2 Å². The van der Waals surface area contributed by atoms with Crippen LogP contribution in [0.1, 0.15) is 11.4 Å². The number of rotatable bonds is 1. The molecule has 1 aromatic carbocycles. The average Bonchev–Trinajstić information content (AvgIpc) is 2.62. The number of halogens is 2. The van der Waals surface area contributed by atoms with Crippen LogP contribution in [0, 0.1) is 22.7 Å². The second-order valence-corrected chi connectivity index (χ2v) is 4.54. The van der Waals surface area contributed by atoms with E-state index < -0.39 is 5.69 Å². The van der Waals surface area contributed by atoms with E-state index >= 15 is 0 Å². The van der Waals surface area contributed by atoms with E-state index in [-0.39, 0.29) is 16.4 Å². The molecular formula is C12H6Cl2N4O. The van der Waals surface area contributed by atoms with Crippen LogP contribution in [0.4, 0.5) is 0 Å². The van der Waals surface area contributed by atoms with Crippen LogP contribution in [0.2, 0.25) is 10.0 Å². The molecule has 0 atom stereocenters. The van der Waals surface area contributed by atoms with Gasteiger partial charge in [0.1, 0.15) is 12.1 Å². The lowest BCUT2D eigenvalue weighted by molar-refractivity contribution is 0.815. The Morgan fingerprint density at radius 2 is 1.79 bits per heavy atom. The molecule has 0 saturated carbocycles. The summed E-state index contributed by atoms with van der Waals surface area (Å²) >= 11 is 11.8. The van der Waals surface area contributed by atoms with Crippen molar-refractivity contribution in [2.24, 2.45) is 7.05 Å². The Labute approximate surface area is 118 Å². The topological polar surface area (TPSA) is 74.5 Å². The summed E-state index contributed by atoms with van der Waals surface area (Å²) in [5.41, 5.74) is -0.278. The fourth-order valence-corrected chi connectivity index (χ4v) is 2.22. The number of benzene rings is 1. The fraction of sp³-hybridized carbons (Fsp3) is 0.0833. The summed E-state index contributed by atoms with van der Waals surface area (Å²) in [6.45, 7) is 0. The van der Waals surface area contributed by atoms with Gasteiger partial charge >= 0.3 is 5.69 Å². The van der Waals surface area contributed by atoms with E-state index in [1.165, 1.54) is 19.2 Å². The maximum absolute atomic E-state index is 12.1. The van der Waals surface area contributed by atoms with Gasteiger partial charge in [-0.2, -0.15) is 10.5 Å². The molecule has 1 aromatic heterocycles. The summed E-state index contributed by atoms with van der Waals surface area (Å²) in [5.74, 6) is 0. The third-order valence-electron chi connectivity index (χ3n) is 2.62. The fourth-order valence-electron chi connectivity index (χ4n) is 1.72. The average molecular weight is 293 g/mol. The SMILES string of the molecule is Cn1c(C#N)c(C#N)n(-c2ccc(Cl)cc2Cl)c1=O. The molecule has 0 fully saturated rings. The van der Waals surface area contributed by atoms with Crippen molar-refractivity contribution in [1.29, 1.82) is 10.5 Å². The van der Waals surface area contributed by atoms with Gasteiger partial charge < -0.3 is 0 Å². The quantitative estimate of drug-likeness (QED) is 0.809. The van der Waals surface area contributed by atoms with Gasteiger partial charge in [0.15, 0.2) is 11.4 Å². The molecule has 0 unspecified atom stereocenters. The first-order valence-corrected chi connectivity index (χ1v) is 5.84. The van der Waals surface area contributed by atoms with Gasteiger partial charge in [0, 0.05) is 12.1 Å². The third-order valence-corrected chi connectivity index (χ3v) is 3.16. The van der Waals surface area contributed by atoms with Crippen LogP contribution >= 0.6 is 23.2 Å². The van der Waals surface area contributed by atoms with Crippen molar-refractivity contribution in [1.82, 2.24) is 9.13 Å². The van der Waals surface area contributed by atoms with Gasteiger partial charge in [-0.05, 0) is 18.2 Å². The normalized spacial score (nSPS) is 9.95. The van der Waals surface area contributed by atoms with Gasteiger partial charge in [0.05, 0.1) is 10.7 Å². The molecule has 0 aliphatic rings. The molecule has 94 valence electrons. The first kappa shape index (κ1) is 13.2. The largest absolute Gasteiger partial charge is 0.334 e. The Morgan fingerprint density at radius 3 is 2.32 bits per heavy atom. The lowest BCUT2D eigenvalue weighted by Crippen LogP contribution is -2.22. The summed E-state index contributed by atoms with van der Waals surface area (Å²) in [4.78, 5) is 12.1. The molecule has 5 nitrogen and oxygen atoms in total. The standard InChI is InChI=1S/C12H6Cl2N4O/c1-17-10(5-15)11(6-16)18(12(17)19)9-3-2-7(13)4-8(9)14/h2-4H,1H3. The van der Waals surface area contributed by atoms with Gasteiger partial charge in [-0.25, -0.2) is 9.36 Å². The Bertz CT molecular complexity index is 805. The summed E-state index contributed by atoms with van der Waals surface area (Å²) in [6.07, 6.45) is 0. The summed E-state index contributed by atoms with van der Waals surface area (Å²) in [6, 6.07) is 8.21. The van der Waals surface area contributed by atoms with Crippen molar-refractivity contribution < 1.29 is 0 Å². The molecule has 0 spiro atoms. The molecule has 19 heavy (non-hydrogen) atoms. The highest BCUT2D eigenvalue weighted by Crippen LogP contribution is 2.25. The van der Waals surface area contributed by atoms with Crippen LogP contribution < -0.4 is 5.69 Å². The zero-order chi connectivity index (χ0) is 14.2. The number of aromatic nitrogens is 2. The zero-order valence-electron chi connectivity index (χ0n) is 9.69. The minimum atomic E-state index is -0.516. The van der Waals surface area contributed by atoms with Crippen LogP contribution in [0.15, 0.2) is 23.0 Å². The molecule has 0 N–H and O–H groups in total. The zero-order valence-corrected chi connectivity index (χ0v) is 11.2. The van der Waals surface area contributed by atoms with Crippen LogP contribution in [-0.4, -0.2) is 9.13 Å². The second kappa shape index (κ2) is 4.81. The van der Waals surface area contributed by atoms with Gasteiger partial charge in [-0.1, -0.05) is 23.2 Å². The first-order valence-electron chi connectivity index (χ1n) is 5.08. The van der Waals surface area contributed by atoms with E-state index in [0.29, 0.717) is 10.7 Å². The van der Waals surface area contributed by atoms with E-state index in [9.17, 15) is 4.79 Å². The monoisotopic (exact) mass is 292 g/mol. The van der Waals surface area contributed by atoms with Gasteiger partial charge in [0.2, 0.25) is 0 Å². The second-order valence-electron chi connectivity index (χ2n) is 3.69. The maximum Gasteiger partial charge on any atom is 0.334 e. The van der Waals surface area contributed by atoms with Crippen LogP contribution in [0.3, 0.4) is 0 Å². The Balaban J connectivity index is 2.89. The lowest BCUT2D eigenvalue weighted by atomic mass is 10.3. The van der Waals surface area contributed by atoms with Gasteiger partial charge in [-0.3, -0.25) is 4.57 Å². The maximum atomic E-state index is 12.1. The molecule has 1 heterocycles. The molecule has 0 saturated heterocycles. The van der Waals surface area contributed by atoms with Gasteiger partial charge in [-0.15, -0.1) is 0 Å². The molecule has 0 radical (unpaired) electrons. The Hall–Kier alpha value is -2.21. The number of nitriles is 2. The number of hydrogen-bond acceptors (Lipinski definition) is 3. The van der Waals surface area contributed by atoms with Gasteiger partial charge in [0.25, 0.3) is 0 Å². The molecule has 0 amide bonds. The summed E-state index contributed by atoms with van der Waals surface area (Å²) in [5, 5.41) is 18.8. The predicted molar refractivity (Wildman–Crippen MR) is 70.5 cm³/mol. The van der Waals surface area contributed by atoms with Crippen LogP contribution in [0.5, 0.6) is 0 Å². The molecule has 2 aromatic rings. The smallest absolute Gasteiger partial charge is 0.285 e. The van der Waals surface area contributed by atoms with Crippen molar-refractivity contribution in [3.8, 4) is 17.8 Å². The van der Waals surface area contributed by atoms with E-state index in [4.69, 9.17) is 33.7 Å². The molecular weight excluding hydrogens is 287 g/mol. The molecule has 7 heteroatoms. The van der Waals surface area contributed by atoms with Crippen molar-refractivity contribution in [3.05, 3.63) is 50.1 Å². The highest BCUT2D eigenvalue weighted by Gasteiger charge is 2.20.